The van der Waals surface area contributed by atoms with Gasteiger partial charge in [-0.15, -0.1) is 0 Å². The second kappa shape index (κ2) is 5.25. The van der Waals surface area contributed by atoms with Crippen LogP contribution in [0.2, 0.25) is 0 Å². The van der Waals surface area contributed by atoms with Crippen LogP contribution in [-0.4, -0.2) is 0 Å². The van der Waals surface area contributed by atoms with Gasteiger partial charge >= 0.3 is 0 Å². The summed E-state index contributed by atoms with van der Waals surface area (Å²) in [5.41, 5.74) is 9.58. The molecule has 3 rings (SSSR count). The van der Waals surface area contributed by atoms with E-state index in [4.69, 9.17) is 5.73 Å². The zero-order chi connectivity index (χ0) is 13.1. The molecule has 0 fully saturated rings. The molecule has 2 N–H and O–H groups in total. The van der Waals surface area contributed by atoms with Gasteiger partial charge in [-0.1, -0.05) is 66.7 Å². The van der Waals surface area contributed by atoms with Gasteiger partial charge in [0.1, 0.15) is 0 Å². The standard InChI is InChI=1S/C18H17N/c19-13-15-6-3-5-14(11-15)12-17-9-4-8-16-7-1-2-10-18(16)17/h1-11H,12-13,19H2. The number of rotatable bonds is 3. The Kier molecular flexibility index (Phi) is 3.30. The molecule has 0 heterocycles. The van der Waals surface area contributed by atoms with Crippen molar-refractivity contribution < 1.29 is 0 Å². The van der Waals surface area contributed by atoms with Crippen molar-refractivity contribution in [3.8, 4) is 0 Å². The predicted octanol–water partition coefficient (Wildman–Crippen LogP) is 3.89. The molecule has 3 aromatic rings. The van der Waals surface area contributed by atoms with Gasteiger partial charge in [0.05, 0.1) is 0 Å². The van der Waals surface area contributed by atoms with Crippen LogP contribution in [0.1, 0.15) is 16.7 Å². The zero-order valence-electron chi connectivity index (χ0n) is 10.8. The van der Waals surface area contributed by atoms with Crippen molar-refractivity contribution in [2.45, 2.75) is 13.0 Å². The van der Waals surface area contributed by atoms with Crippen LogP contribution >= 0.6 is 0 Å². The van der Waals surface area contributed by atoms with Gasteiger partial charge in [-0.2, -0.15) is 0 Å². The lowest BCUT2D eigenvalue weighted by Gasteiger charge is -2.08. The predicted molar refractivity (Wildman–Crippen MR) is 81.1 cm³/mol. The first kappa shape index (κ1) is 11.9. The molecule has 0 spiro atoms. The van der Waals surface area contributed by atoms with Crippen molar-refractivity contribution in [3.63, 3.8) is 0 Å². The highest BCUT2D eigenvalue weighted by molar-refractivity contribution is 5.85. The normalized spacial score (nSPS) is 10.8. The molecule has 0 unspecified atom stereocenters. The minimum atomic E-state index is 0.601. The summed E-state index contributed by atoms with van der Waals surface area (Å²) >= 11 is 0. The molecule has 0 aliphatic carbocycles. The van der Waals surface area contributed by atoms with E-state index in [0.29, 0.717) is 6.54 Å². The van der Waals surface area contributed by atoms with Crippen LogP contribution in [0.3, 0.4) is 0 Å². The minimum absolute atomic E-state index is 0.601. The van der Waals surface area contributed by atoms with E-state index < -0.39 is 0 Å². The Morgan fingerprint density at radius 1 is 0.737 bits per heavy atom. The van der Waals surface area contributed by atoms with Crippen LogP contribution in [0.25, 0.3) is 10.8 Å². The Labute approximate surface area is 113 Å². The zero-order valence-corrected chi connectivity index (χ0v) is 10.8. The fourth-order valence-corrected chi connectivity index (χ4v) is 2.53. The van der Waals surface area contributed by atoms with Gasteiger partial charge in [0.25, 0.3) is 0 Å². The van der Waals surface area contributed by atoms with Gasteiger partial charge in [0, 0.05) is 6.54 Å². The van der Waals surface area contributed by atoms with Gasteiger partial charge in [0.15, 0.2) is 0 Å². The lowest BCUT2D eigenvalue weighted by molar-refractivity contribution is 1.06. The Balaban J connectivity index is 2.01. The van der Waals surface area contributed by atoms with E-state index in [1.165, 1.54) is 27.5 Å². The van der Waals surface area contributed by atoms with Crippen molar-refractivity contribution in [1.82, 2.24) is 0 Å². The van der Waals surface area contributed by atoms with E-state index in [1.54, 1.807) is 0 Å². The quantitative estimate of drug-likeness (QED) is 0.746. The Hall–Kier alpha value is -2.12. The summed E-state index contributed by atoms with van der Waals surface area (Å²) in [6.07, 6.45) is 0.954. The van der Waals surface area contributed by atoms with Gasteiger partial charge in [-0.25, -0.2) is 0 Å². The van der Waals surface area contributed by atoms with Crippen LogP contribution in [-0.2, 0) is 13.0 Å². The first-order valence-electron chi connectivity index (χ1n) is 6.61. The molecule has 0 saturated carbocycles. The molecular formula is C18H17N. The third-order valence-electron chi connectivity index (χ3n) is 3.50. The first-order valence-corrected chi connectivity index (χ1v) is 6.61. The highest BCUT2D eigenvalue weighted by Crippen LogP contribution is 2.21. The molecule has 0 atom stereocenters. The van der Waals surface area contributed by atoms with E-state index in [0.717, 1.165) is 6.42 Å². The van der Waals surface area contributed by atoms with E-state index in [-0.39, 0.29) is 0 Å². The molecule has 0 aromatic heterocycles. The topological polar surface area (TPSA) is 26.0 Å². The molecule has 1 nitrogen and oxygen atoms in total. The summed E-state index contributed by atoms with van der Waals surface area (Å²) in [6.45, 7) is 0.601. The van der Waals surface area contributed by atoms with Crippen molar-refractivity contribution >= 4 is 10.8 Å². The van der Waals surface area contributed by atoms with Crippen molar-refractivity contribution in [3.05, 3.63) is 83.4 Å². The maximum absolute atomic E-state index is 5.70. The fourth-order valence-electron chi connectivity index (χ4n) is 2.53. The molecule has 1 heteroatoms. The highest BCUT2D eigenvalue weighted by atomic mass is 14.5. The summed E-state index contributed by atoms with van der Waals surface area (Å²) < 4.78 is 0. The largest absolute Gasteiger partial charge is 0.326 e. The molecular weight excluding hydrogens is 230 g/mol. The van der Waals surface area contributed by atoms with Crippen LogP contribution in [0.15, 0.2) is 66.7 Å². The van der Waals surface area contributed by atoms with Crippen LogP contribution in [0, 0.1) is 0 Å². The molecule has 0 amide bonds. The lowest BCUT2D eigenvalue weighted by Crippen LogP contribution is -1.97. The second-order valence-electron chi connectivity index (χ2n) is 4.84. The van der Waals surface area contributed by atoms with Crippen LogP contribution in [0.4, 0.5) is 0 Å². The maximum atomic E-state index is 5.70. The summed E-state index contributed by atoms with van der Waals surface area (Å²) in [4.78, 5) is 0. The van der Waals surface area contributed by atoms with Crippen LogP contribution < -0.4 is 5.73 Å². The third-order valence-corrected chi connectivity index (χ3v) is 3.50. The van der Waals surface area contributed by atoms with Crippen molar-refractivity contribution in [1.29, 1.82) is 0 Å². The minimum Gasteiger partial charge on any atom is -0.326 e. The molecule has 94 valence electrons. The second-order valence-corrected chi connectivity index (χ2v) is 4.84. The maximum Gasteiger partial charge on any atom is 0.0178 e. The molecule has 19 heavy (non-hydrogen) atoms. The third kappa shape index (κ3) is 2.51. The summed E-state index contributed by atoms with van der Waals surface area (Å²) in [7, 11) is 0. The molecule has 0 aliphatic heterocycles. The Morgan fingerprint density at radius 2 is 1.47 bits per heavy atom. The fraction of sp³-hybridized carbons (Fsp3) is 0.111. The number of nitrogens with two attached hydrogens (primary N) is 1. The van der Waals surface area contributed by atoms with Gasteiger partial charge in [-0.3, -0.25) is 0 Å². The highest BCUT2D eigenvalue weighted by Gasteiger charge is 2.02. The van der Waals surface area contributed by atoms with Crippen molar-refractivity contribution in [2.75, 3.05) is 0 Å². The van der Waals surface area contributed by atoms with Crippen molar-refractivity contribution in [2.24, 2.45) is 5.73 Å². The summed E-state index contributed by atoms with van der Waals surface area (Å²) in [5.74, 6) is 0. The molecule has 0 saturated heterocycles. The smallest absolute Gasteiger partial charge is 0.0178 e. The number of fused-ring (bicyclic) bond motifs is 1. The van der Waals surface area contributed by atoms with Gasteiger partial charge in [-0.05, 0) is 33.9 Å². The molecule has 0 bridgehead atoms. The monoisotopic (exact) mass is 247 g/mol. The SMILES string of the molecule is NCc1cccc(Cc2cccc3ccccc23)c1. The van der Waals surface area contributed by atoms with E-state index in [9.17, 15) is 0 Å². The van der Waals surface area contributed by atoms with Crippen LogP contribution in [0.5, 0.6) is 0 Å². The van der Waals surface area contributed by atoms with E-state index in [2.05, 4.69) is 66.7 Å². The number of hydrogen-bond acceptors (Lipinski definition) is 1. The molecule has 0 radical (unpaired) electrons. The van der Waals surface area contributed by atoms with E-state index in [1.807, 2.05) is 0 Å². The summed E-state index contributed by atoms with van der Waals surface area (Å²) in [6, 6.07) is 23.6. The average Bonchev–Trinajstić information content (AvgIpc) is 2.48. The summed E-state index contributed by atoms with van der Waals surface area (Å²) in [5, 5.41) is 2.64. The lowest BCUT2D eigenvalue weighted by atomic mass is 9.97. The number of benzene rings is 3. The Bertz CT molecular complexity index is 695. The first-order chi connectivity index (χ1) is 9.36. The molecule has 3 aromatic carbocycles. The van der Waals surface area contributed by atoms with E-state index >= 15 is 0 Å². The number of hydrogen-bond donors (Lipinski definition) is 1. The molecule has 0 aliphatic rings. The average molecular weight is 247 g/mol. The van der Waals surface area contributed by atoms with Gasteiger partial charge in [0.2, 0.25) is 0 Å². The van der Waals surface area contributed by atoms with Gasteiger partial charge < -0.3 is 5.73 Å². The Morgan fingerprint density at radius 3 is 2.37 bits per heavy atom.